The summed E-state index contributed by atoms with van der Waals surface area (Å²) in [5.41, 5.74) is 0. The average Bonchev–Trinajstić information content (AvgIpc) is 2.13. The Hall–Kier alpha value is -0.610. The number of hydrogen-bond acceptors (Lipinski definition) is 4. The molecule has 0 rings (SSSR count). The Bertz CT molecular complexity index is 150. The topological polar surface area (TPSA) is 58.6 Å². The molecule has 0 saturated heterocycles. The van der Waals surface area contributed by atoms with Gasteiger partial charge in [0.25, 0.3) is 0 Å². The summed E-state index contributed by atoms with van der Waals surface area (Å²) >= 11 is 0. The van der Waals surface area contributed by atoms with Gasteiger partial charge in [0.2, 0.25) is 0 Å². The number of rotatable bonds is 6. The Kier molecular flexibility index (Phi) is 6.54. The molecule has 0 saturated carbocycles. The van der Waals surface area contributed by atoms with E-state index in [-0.39, 0.29) is 6.54 Å². The third kappa shape index (κ3) is 5.60. The number of aliphatic hydroxyl groups excluding tert-OH is 1. The number of ether oxygens (including phenoxy) is 1. The first-order valence-electron chi connectivity index (χ1n) is 4.61. The van der Waals surface area contributed by atoms with Crippen molar-refractivity contribution >= 4 is 5.97 Å². The molecule has 0 aromatic carbocycles. The van der Waals surface area contributed by atoms with E-state index in [9.17, 15) is 9.90 Å². The van der Waals surface area contributed by atoms with Gasteiger partial charge in [0, 0.05) is 12.6 Å². The van der Waals surface area contributed by atoms with Crippen LogP contribution in [0.3, 0.4) is 0 Å². The molecule has 0 aromatic heterocycles. The van der Waals surface area contributed by atoms with Crippen LogP contribution in [0.5, 0.6) is 0 Å². The van der Waals surface area contributed by atoms with Gasteiger partial charge in [-0.15, -0.1) is 0 Å². The summed E-state index contributed by atoms with van der Waals surface area (Å²) in [4.78, 5) is 10.8. The van der Waals surface area contributed by atoms with Gasteiger partial charge in [-0.3, -0.25) is 0 Å². The minimum atomic E-state index is -1.05. The van der Waals surface area contributed by atoms with Crippen LogP contribution in [-0.4, -0.2) is 36.9 Å². The fourth-order valence-electron chi connectivity index (χ4n) is 1.07. The number of aliphatic hydroxyl groups is 1. The molecule has 0 aliphatic rings. The van der Waals surface area contributed by atoms with Crippen LogP contribution in [0, 0.1) is 0 Å². The van der Waals surface area contributed by atoms with Crippen LogP contribution in [0.2, 0.25) is 0 Å². The largest absolute Gasteiger partial charge is 0.467 e. The molecule has 4 heteroatoms. The highest BCUT2D eigenvalue weighted by Crippen LogP contribution is 1.95. The molecule has 0 fully saturated rings. The van der Waals surface area contributed by atoms with Crippen LogP contribution in [-0.2, 0) is 9.53 Å². The summed E-state index contributed by atoms with van der Waals surface area (Å²) in [6.45, 7) is 4.37. The van der Waals surface area contributed by atoms with Gasteiger partial charge in [0.1, 0.15) is 0 Å². The van der Waals surface area contributed by atoms with Gasteiger partial charge in [0.05, 0.1) is 7.11 Å². The molecule has 0 amide bonds. The predicted octanol–water partition coefficient (Wildman–Crippen LogP) is 0.298. The first kappa shape index (κ1) is 12.4. The van der Waals surface area contributed by atoms with Crippen LogP contribution in [0.15, 0.2) is 0 Å². The minimum Gasteiger partial charge on any atom is -0.467 e. The molecule has 2 unspecified atom stereocenters. The molecule has 78 valence electrons. The third-order valence-corrected chi connectivity index (χ3v) is 1.85. The summed E-state index contributed by atoms with van der Waals surface area (Å²) < 4.78 is 4.38. The van der Waals surface area contributed by atoms with E-state index < -0.39 is 12.1 Å². The lowest BCUT2D eigenvalue weighted by molar-refractivity contribution is -0.150. The van der Waals surface area contributed by atoms with Crippen molar-refractivity contribution in [3.63, 3.8) is 0 Å². The normalized spacial score (nSPS) is 15.1. The van der Waals surface area contributed by atoms with Crippen LogP contribution in [0.25, 0.3) is 0 Å². The number of carbonyl (C=O) groups is 1. The first-order chi connectivity index (χ1) is 6.11. The second-order valence-corrected chi connectivity index (χ2v) is 3.14. The van der Waals surface area contributed by atoms with Crippen LogP contribution in [0.1, 0.15) is 26.7 Å². The van der Waals surface area contributed by atoms with Crippen LogP contribution in [0.4, 0.5) is 0 Å². The molecule has 13 heavy (non-hydrogen) atoms. The van der Waals surface area contributed by atoms with Crippen molar-refractivity contribution in [1.82, 2.24) is 5.32 Å². The Morgan fingerprint density at radius 2 is 2.23 bits per heavy atom. The molecule has 4 nitrogen and oxygen atoms in total. The second kappa shape index (κ2) is 6.86. The number of hydrogen-bond donors (Lipinski definition) is 2. The van der Waals surface area contributed by atoms with Crippen molar-refractivity contribution in [2.45, 2.75) is 38.8 Å². The monoisotopic (exact) mass is 189 g/mol. The van der Waals surface area contributed by atoms with Crippen molar-refractivity contribution in [1.29, 1.82) is 0 Å². The molecule has 2 atom stereocenters. The summed E-state index contributed by atoms with van der Waals surface area (Å²) in [7, 11) is 1.26. The van der Waals surface area contributed by atoms with E-state index in [2.05, 4.69) is 17.0 Å². The van der Waals surface area contributed by atoms with E-state index in [1.807, 2.05) is 6.92 Å². The van der Waals surface area contributed by atoms with Gasteiger partial charge in [-0.25, -0.2) is 4.79 Å². The highest BCUT2D eigenvalue weighted by atomic mass is 16.5. The van der Waals surface area contributed by atoms with Gasteiger partial charge < -0.3 is 15.2 Å². The number of esters is 1. The predicted molar refractivity (Wildman–Crippen MR) is 50.4 cm³/mol. The Labute approximate surface area is 79.3 Å². The maximum Gasteiger partial charge on any atom is 0.336 e. The summed E-state index contributed by atoms with van der Waals surface area (Å²) in [5.74, 6) is -0.587. The molecule has 2 N–H and O–H groups in total. The lowest BCUT2D eigenvalue weighted by Crippen LogP contribution is -2.38. The van der Waals surface area contributed by atoms with Crippen molar-refractivity contribution in [3.05, 3.63) is 0 Å². The summed E-state index contributed by atoms with van der Waals surface area (Å²) in [6, 6.07) is 0.323. The van der Waals surface area contributed by atoms with Gasteiger partial charge in [-0.1, -0.05) is 13.3 Å². The zero-order valence-corrected chi connectivity index (χ0v) is 8.54. The lowest BCUT2D eigenvalue weighted by Gasteiger charge is -2.14. The summed E-state index contributed by atoms with van der Waals surface area (Å²) in [6.07, 6.45) is 1.07. The Morgan fingerprint density at radius 1 is 1.62 bits per heavy atom. The SMILES string of the molecule is CCCC(C)NCC(O)C(=O)OC. The summed E-state index contributed by atoms with van der Waals surface area (Å²) in [5, 5.41) is 12.2. The molecular formula is C9H19NO3. The van der Waals surface area contributed by atoms with Crippen molar-refractivity contribution in [2.24, 2.45) is 0 Å². The molecule has 0 aromatic rings. The molecule has 0 spiro atoms. The molecular weight excluding hydrogens is 170 g/mol. The zero-order valence-electron chi connectivity index (χ0n) is 8.54. The number of methoxy groups -OCH3 is 1. The smallest absolute Gasteiger partial charge is 0.336 e. The molecule has 0 aliphatic heterocycles. The van der Waals surface area contributed by atoms with Crippen LogP contribution < -0.4 is 5.32 Å². The van der Waals surface area contributed by atoms with Gasteiger partial charge >= 0.3 is 5.97 Å². The third-order valence-electron chi connectivity index (χ3n) is 1.85. The molecule has 0 aliphatic carbocycles. The highest BCUT2D eigenvalue weighted by molar-refractivity contribution is 5.74. The lowest BCUT2D eigenvalue weighted by atomic mass is 10.2. The highest BCUT2D eigenvalue weighted by Gasteiger charge is 2.15. The van der Waals surface area contributed by atoms with E-state index in [4.69, 9.17) is 0 Å². The zero-order chi connectivity index (χ0) is 10.3. The second-order valence-electron chi connectivity index (χ2n) is 3.14. The number of nitrogens with one attached hydrogen (secondary N) is 1. The van der Waals surface area contributed by atoms with Crippen molar-refractivity contribution < 1.29 is 14.6 Å². The molecule has 0 heterocycles. The van der Waals surface area contributed by atoms with E-state index in [0.717, 1.165) is 12.8 Å². The number of carbonyl (C=O) groups excluding carboxylic acids is 1. The maximum atomic E-state index is 10.8. The Balaban J connectivity index is 3.56. The van der Waals surface area contributed by atoms with Gasteiger partial charge in [-0.2, -0.15) is 0 Å². The van der Waals surface area contributed by atoms with Crippen LogP contribution >= 0.6 is 0 Å². The van der Waals surface area contributed by atoms with E-state index in [1.54, 1.807) is 0 Å². The first-order valence-corrected chi connectivity index (χ1v) is 4.61. The van der Waals surface area contributed by atoms with Gasteiger partial charge in [-0.05, 0) is 13.3 Å². The van der Waals surface area contributed by atoms with E-state index in [1.165, 1.54) is 7.11 Å². The molecule has 0 radical (unpaired) electrons. The van der Waals surface area contributed by atoms with E-state index >= 15 is 0 Å². The van der Waals surface area contributed by atoms with Gasteiger partial charge in [0.15, 0.2) is 6.10 Å². The van der Waals surface area contributed by atoms with E-state index in [0.29, 0.717) is 6.04 Å². The van der Waals surface area contributed by atoms with Crippen molar-refractivity contribution in [2.75, 3.05) is 13.7 Å². The van der Waals surface area contributed by atoms with Crippen molar-refractivity contribution in [3.8, 4) is 0 Å². The fourth-order valence-corrected chi connectivity index (χ4v) is 1.07. The maximum absolute atomic E-state index is 10.8. The standard InChI is InChI=1S/C9H19NO3/c1-4-5-7(2)10-6-8(11)9(12)13-3/h7-8,10-11H,4-6H2,1-3H3. The Morgan fingerprint density at radius 3 is 2.69 bits per heavy atom. The minimum absolute atomic E-state index is 0.258. The quantitative estimate of drug-likeness (QED) is 0.590. The average molecular weight is 189 g/mol. The fraction of sp³-hybridized carbons (Fsp3) is 0.889. The molecule has 0 bridgehead atoms.